The van der Waals surface area contributed by atoms with Crippen LogP contribution in [0.1, 0.15) is 60.2 Å². The van der Waals surface area contributed by atoms with Gasteiger partial charge in [-0.05, 0) is 49.1 Å². The van der Waals surface area contributed by atoms with E-state index >= 15 is 0 Å². The second-order valence-corrected chi connectivity index (χ2v) is 9.01. The molecule has 5 rings (SSSR count). The van der Waals surface area contributed by atoms with E-state index in [0.717, 1.165) is 63.5 Å². The van der Waals surface area contributed by atoms with Crippen molar-refractivity contribution in [2.75, 3.05) is 19.6 Å². The molecule has 1 unspecified atom stereocenters. The van der Waals surface area contributed by atoms with Gasteiger partial charge in [0.2, 0.25) is 5.91 Å². The average Bonchev–Trinajstić information content (AvgIpc) is 3.38. The molecule has 0 spiro atoms. The van der Waals surface area contributed by atoms with Crippen LogP contribution in [0, 0.1) is 0 Å². The molecule has 6 nitrogen and oxygen atoms in total. The molecule has 0 N–H and O–H groups in total. The van der Waals surface area contributed by atoms with E-state index in [4.69, 9.17) is 0 Å². The largest absolute Gasteiger partial charge is 0.331 e. The first-order valence-electron chi connectivity index (χ1n) is 10.3. The maximum absolute atomic E-state index is 13.1. The Hall–Kier alpha value is -1.73. The fraction of sp³-hybridized carbons (Fsp3) is 0.650. The summed E-state index contributed by atoms with van der Waals surface area (Å²) in [5, 5.41) is 11.2. The number of thiophene rings is 1. The van der Waals surface area contributed by atoms with E-state index in [0.29, 0.717) is 6.54 Å². The molecular weight excluding hydrogens is 358 g/mol. The Morgan fingerprint density at radius 2 is 2.07 bits per heavy atom. The summed E-state index contributed by atoms with van der Waals surface area (Å²) in [6.07, 6.45) is 7.81. The smallest absolute Gasteiger partial charge is 0.237 e. The second-order valence-electron chi connectivity index (χ2n) is 8.01. The van der Waals surface area contributed by atoms with Crippen molar-refractivity contribution < 1.29 is 4.79 Å². The van der Waals surface area contributed by atoms with Crippen molar-refractivity contribution in [3.63, 3.8) is 0 Å². The van der Waals surface area contributed by atoms with E-state index in [2.05, 4.69) is 36.0 Å². The monoisotopic (exact) mass is 385 g/mol. The van der Waals surface area contributed by atoms with Crippen LogP contribution in [0.2, 0.25) is 0 Å². The highest BCUT2D eigenvalue weighted by Gasteiger charge is 2.35. The van der Waals surface area contributed by atoms with Gasteiger partial charge >= 0.3 is 0 Å². The number of hydrogen-bond acceptors (Lipinski definition) is 5. The molecular formula is C20H27N5OS. The Balaban J connectivity index is 1.30. The molecule has 0 aliphatic carbocycles. The molecule has 0 bridgehead atoms. The third-order valence-corrected chi connectivity index (χ3v) is 7.28. The third kappa shape index (κ3) is 3.31. The molecule has 0 saturated carbocycles. The van der Waals surface area contributed by atoms with Crippen LogP contribution in [0.25, 0.3) is 0 Å². The standard InChI is InChI=1S/C20H27N5OS/c26-19(14-23-11-7-17-15(13-23)8-12-27-17)24-10-4-5-16(24)20-22-21-18-6-2-1-3-9-25(18)20/h8,12,16H,1-7,9-11,13-14H2. The van der Waals surface area contributed by atoms with E-state index in [-0.39, 0.29) is 11.9 Å². The van der Waals surface area contributed by atoms with Crippen molar-refractivity contribution in [1.82, 2.24) is 24.6 Å². The van der Waals surface area contributed by atoms with Crippen LogP contribution < -0.4 is 0 Å². The van der Waals surface area contributed by atoms with Gasteiger partial charge in [-0.1, -0.05) is 6.42 Å². The minimum Gasteiger partial charge on any atom is -0.331 e. The fourth-order valence-corrected chi connectivity index (χ4v) is 5.70. The number of fused-ring (bicyclic) bond motifs is 2. The van der Waals surface area contributed by atoms with Gasteiger partial charge in [0.1, 0.15) is 5.82 Å². The van der Waals surface area contributed by atoms with Crippen LogP contribution in [-0.4, -0.2) is 50.1 Å². The highest BCUT2D eigenvalue weighted by Crippen LogP contribution is 2.33. The lowest BCUT2D eigenvalue weighted by molar-refractivity contribution is -0.133. The number of rotatable bonds is 3. The number of aryl methyl sites for hydroxylation is 1. The van der Waals surface area contributed by atoms with E-state index in [1.165, 1.54) is 29.7 Å². The van der Waals surface area contributed by atoms with Gasteiger partial charge in [0.25, 0.3) is 0 Å². The van der Waals surface area contributed by atoms with E-state index in [9.17, 15) is 4.79 Å². The first kappa shape index (κ1) is 17.4. The zero-order valence-corrected chi connectivity index (χ0v) is 16.6. The zero-order chi connectivity index (χ0) is 18.2. The Morgan fingerprint density at radius 1 is 1.11 bits per heavy atom. The number of likely N-dealkylation sites (tertiary alicyclic amines) is 1. The Kier molecular flexibility index (Phi) is 4.73. The molecule has 144 valence electrons. The first-order valence-corrected chi connectivity index (χ1v) is 11.2. The van der Waals surface area contributed by atoms with Crippen LogP contribution in [-0.2, 0) is 30.7 Å². The number of nitrogens with zero attached hydrogens (tertiary/aromatic N) is 5. The summed E-state index contributed by atoms with van der Waals surface area (Å²) in [4.78, 5) is 19.0. The van der Waals surface area contributed by atoms with Gasteiger partial charge in [0.05, 0.1) is 12.6 Å². The Morgan fingerprint density at radius 3 is 3.04 bits per heavy atom. The summed E-state index contributed by atoms with van der Waals surface area (Å²) < 4.78 is 2.31. The number of carbonyl (C=O) groups is 1. The average molecular weight is 386 g/mol. The van der Waals surface area contributed by atoms with Gasteiger partial charge in [0, 0.05) is 37.5 Å². The third-order valence-electron chi connectivity index (χ3n) is 6.25. The maximum atomic E-state index is 13.1. The second kappa shape index (κ2) is 7.36. The van der Waals surface area contributed by atoms with E-state index in [1.54, 1.807) is 0 Å². The Labute approximate surface area is 164 Å². The quantitative estimate of drug-likeness (QED) is 0.815. The zero-order valence-electron chi connectivity index (χ0n) is 15.8. The molecule has 3 aliphatic heterocycles. The lowest BCUT2D eigenvalue weighted by atomic mass is 10.1. The number of carbonyl (C=O) groups excluding carboxylic acids is 1. The minimum atomic E-state index is 0.110. The van der Waals surface area contributed by atoms with E-state index < -0.39 is 0 Å². The minimum absolute atomic E-state index is 0.110. The van der Waals surface area contributed by atoms with Crippen molar-refractivity contribution in [2.24, 2.45) is 0 Å². The van der Waals surface area contributed by atoms with Gasteiger partial charge in [-0.15, -0.1) is 21.5 Å². The van der Waals surface area contributed by atoms with Gasteiger partial charge in [-0.25, -0.2) is 0 Å². The number of amides is 1. The molecule has 7 heteroatoms. The normalized spacial score (nSPS) is 23.1. The maximum Gasteiger partial charge on any atom is 0.237 e. The summed E-state index contributed by atoms with van der Waals surface area (Å²) in [5.41, 5.74) is 1.40. The molecule has 1 saturated heterocycles. The molecule has 2 aromatic rings. The first-order chi connectivity index (χ1) is 13.3. The van der Waals surface area contributed by atoms with Crippen LogP contribution in [0.3, 0.4) is 0 Å². The Bertz CT molecular complexity index is 828. The summed E-state index contributed by atoms with van der Waals surface area (Å²) in [6, 6.07) is 2.32. The molecule has 1 fully saturated rings. The van der Waals surface area contributed by atoms with E-state index in [1.807, 2.05) is 11.3 Å². The number of aromatic nitrogens is 3. The number of hydrogen-bond donors (Lipinski definition) is 0. The molecule has 2 aromatic heterocycles. The topological polar surface area (TPSA) is 54.3 Å². The van der Waals surface area contributed by atoms with Crippen molar-refractivity contribution in [3.8, 4) is 0 Å². The molecule has 3 aliphatic rings. The molecule has 1 atom stereocenters. The van der Waals surface area contributed by atoms with Crippen molar-refractivity contribution in [2.45, 2.75) is 64.1 Å². The van der Waals surface area contributed by atoms with Gasteiger partial charge in [-0.3, -0.25) is 9.69 Å². The molecule has 0 aromatic carbocycles. The SMILES string of the molecule is O=C(CN1CCc2sccc2C1)N1CCCC1c1nnc2n1CCCCC2. The highest BCUT2D eigenvalue weighted by molar-refractivity contribution is 7.10. The summed E-state index contributed by atoms with van der Waals surface area (Å²) in [7, 11) is 0. The summed E-state index contributed by atoms with van der Waals surface area (Å²) >= 11 is 1.85. The fourth-order valence-electron chi connectivity index (χ4n) is 4.81. The molecule has 0 radical (unpaired) electrons. The van der Waals surface area contributed by atoms with Crippen LogP contribution in [0.4, 0.5) is 0 Å². The lowest BCUT2D eigenvalue weighted by Gasteiger charge is -2.30. The van der Waals surface area contributed by atoms with Crippen molar-refractivity contribution in [3.05, 3.63) is 33.5 Å². The van der Waals surface area contributed by atoms with Gasteiger partial charge in [0.15, 0.2) is 5.82 Å². The van der Waals surface area contributed by atoms with Gasteiger partial charge < -0.3 is 9.47 Å². The predicted molar refractivity (Wildman–Crippen MR) is 105 cm³/mol. The predicted octanol–water partition coefficient (Wildman–Crippen LogP) is 2.79. The molecule has 27 heavy (non-hydrogen) atoms. The molecule has 5 heterocycles. The van der Waals surface area contributed by atoms with Crippen LogP contribution in [0.5, 0.6) is 0 Å². The van der Waals surface area contributed by atoms with Crippen molar-refractivity contribution >= 4 is 17.2 Å². The summed E-state index contributed by atoms with van der Waals surface area (Å²) in [5.74, 6) is 2.39. The van der Waals surface area contributed by atoms with Crippen LogP contribution >= 0.6 is 11.3 Å². The summed E-state index contributed by atoms with van der Waals surface area (Å²) in [6.45, 7) is 4.26. The lowest BCUT2D eigenvalue weighted by Crippen LogP contribution is -2.42. The van der Waals surface area contributed by atoms with Gasteiger partial charge in [-0.2, -0.15) is 0 Å². The van der Waals surface area contributed by atoms with Crippen LogP contribution in [0.15, 0.2) is 11.4 Å². The molecule has 1 amide bonds. The van der Waals surface area contributed by atoms with Crippen molar-refractivity contribution in [1.29, 1.82) is 0 Å². The highest BCUT2D eigenvalue weighted by atomic mass is 32.1.